The number of aliphatic hydroxyl groups is 1. The molecule has 2 nitrogen and oxygen atoms in total. The average Bonchev–Trinajstić information content (AvgIpc) is 2.48. The van der Waals surface area contributed by atoms with Gasteiger partial charge >= 0.3 is 0 Å². The van der Waals surface area contributed by atoms with Gasteiger partial charge in [0.1, 0.15) is 11.4 Å². The number of hydrogen-bond acceptors (Lipinski definition) is 2. The van der Waals surface area contributed by atoms with Crippen molar-refractivity contribution in [3.05, 3.63) is 63.1 Å². The second kappa shape index (κ2) is 6.20. The number of ether oxygens (including phenoxy) is 1. The van der Waals surface area contributed by atoms with Gasteiger partial charge in [-0.05, 0) is 66.8 Å². The molecule has 0 aromatic heterocycles. The first kappa shape index (κ1) is 16.1. The third-order valence-electron chi connectivity index (χ3n) is 4.00. The lowest BCUT2D eigenvalue weighted by Gasteiger charge is -2.30. The van der Waals surface area contributed by atoms with Crippen LogP contribution in [-0.2, 0) is 5.60 Å². The van der Waals surface area contributed by atoms with Gasteiger partial charge in [-0.2, -0.15) is 0 Å². The Balaban J connectivity index is 2.63. The minimum atomic E-state index is -0.995. The first-order chi connectivity index (χ1) is 9.92. The predicted molar refractivity (Wildman–Crippen MR) is 89.9 cm³/mol. The van der Waals surface area contributed by atoms with Crippen LogP contribution in [0.5, 0.6) is 5.75 Å². The first-order valence-corrected chi connectivity index (χ1v) is 7.85. The molecule has 2 rings (SSSR count). The summed E-state index contributed by atoms with van der Waals surface area (Å²) in [5, 5.41) is 11.3. The minimum absolute atomic E-state index is 0.607. The molecular formula is C18H21BrO2. The van der Waals surface area contributed by atoms with Gasteiger partial charge in [-0.1, -0.05) is 35.0 Å². The van der Waals surface area contributed by atoms with Gasteiger partial charge in [-0.15, -0.1) is 0 Å². The summed E-state index contributed by atoms with van der Waals surface area (Å²) in [5.74, 6) is 0.851. The van der Waals surface area contributed by atoms with Crippen molar-refractivity contribution in [1.82, 2.24) is 0 Å². The van der Waals surface area contributed by atoms with Gasteiger partial charge in [-0.25, -0.2) is 0 Å². The van der Waals surface area contributed by atoms with Crippen molar-refractivity contribution >= 4 is 15.9 Å². The van der Waals surface area contributed by atoms with Crippen LogP contribution in [0.2, 0.25) is 0 Å². The van der Waals surface area contributed by atoms with E-state index < -0.39 is 5.60 Å². The van der Waals surface area contributed by atoms with E-state index in [-0.39, 0.29) is 0 Å². The topological polar surface area (TPSA) is 29.5 Å². The molecule has 0 aliphatic rings. The Morgan fingerprint density at radius 3 is 2.43 bits per heavy atom. The van der Waals surface area contributed by atoms with E-state index in [2.05, 4.69) is 15.9 Å². The molecule has 21 heavy (non-hydrogen) atoms. The summed E-state index contributed by atoms with van der Waals surface area (Å²) in [4.78, 5) is 0. The SMILES string of the molecule is CCC(O)(c1cccc(Br)c1)c1cc(C)c(OC)cc1C. The molecule has 1 atom stereocenters. The quantitative estimate of drug-likeness (QED) is 0.865. The highest BCUT2D eigenvalue weighted by Gasteiger charge is 2.31. The summed E-state index contributed by atoms with van der Waals surface area (Å²) < 4.78 is 6.33. The number of halogens is 1. The third kappa shape index (κ3) is 2.99. The van der Waals surface area contributed by atoms with Crippen LogP contribution in [0.4, 0.5) is 0 Å². The highest BCUT2D eigenvalue weighted by molar-refractivity contribution is 9.10. The minimum Gasteiger partial charge on any atom is -0.496 e. The van der Waals surface area contributed by atoms with Crippen molar-refractivity contribution in [2.24, 2.45) is 0 Å². The number of benzene rings is 2. The van der Waals surface area contributed by atoms with Gasteiger partial charge < -0.3 is 9.84 Å². The largest absolute Gasteiger partial charge is 0.496 e. The highest BCUT2D eigenvalue weighted by Crippen LogP contribution is 2.38. The Labute approximate surface area is 134 Å². The van der Waals surface area contributed by atoms with E-state index in [0.29, 0.717) is 6.42 Å². The summed E-state index contributed by atoms with van der Waals surface area (Å²) >= 11 is 3.48. The van der Waals surface area contributed by atoms with Crippen LogP contribution in [0.1, 0.15) is 35.6 Å². The molecule has 3 heteroatoms. The number of hydrogen-bond donors (Lipinski definition) is 1. The molecule has 1 N–H and O–H groups in total. The van der Waals surface area contributed by atoms with Crippen molar-refractivity contribution in [1.29, 1.82) is 0 Å². The Morgan fingerprint density at radius 1 is 1.14 bits per heavy atom. The Hall–Kier alpha value is -1.32. The number of aryl methyl sites for hydroxylation is 2. The molecule has 0 heterocycles. The van der Waals surface area contributed by atoms with Gasteiger partial charge in [0.15, 0.2) is 0 Å². The lowest BCUT2D eigenvalue weighted by atomic mass is 9.81. The van der Waals surface area contributed by atoms with Crippen molar-refractivity contribution in [2.75, 3.05) is 7.11 Å². The first-order valence-electron chi connectivity index (χ1n) is 7.06. The Morgan fingerprint density at radius 2 is 1.86 bits per heavy atom. The van der Waals surface area contributed by atoms with E-state index >= 15 is 0 Å². The fourth-order valence-electron chi connectivity index (χ4n) is 2.75. The molecule has 0 bridgehead atoms. The van der Waals surface area contributed by atoms with E-state index in [0.717, 1.165) is 32.5 Å². The van der Waals surface area contributed by atoms with E-state index in [9.17, 15) is 5.11 Å². The van der Waals surface area contributed by atoms with Crippen LogP contribution in [0.3, 0.4) is 0 Å². The summed E-state index contributed by atoms with van der Waals surface area (Å²) in [6.07, 6.45) is 0.607. The summed E-state index contributed by atoms with van der Waals surface area (Å²) in [6, 6.07) is 11.9. The maximum absolute atomic E-state index is 11.3. The van der Waals surface area contributed by atoms with Crippen LogP contribution in [0.15, 0.2) is 40.9 Å². The van der Waals surface area contributed by atoms with E-state index in [1.54, 1.807) is 7.11 Å². The van der Waals surface area contributed by atoms with Gasteiger partial charge in [0.25, 0.3) is 0 Å². The van der Waals surface area contributed by atoms with Gasteiger partial charge in [0, 0.05) is 4.47 Å². The van der Waals surface area contributed by atoms with Crippen molar-refractivity contribution in [3.63, 3.8) is 0 Å². The molecule has 112 valence electrons. The van der Waals surface area contributed by atoms with Crippen LogP contribution in [0, 0.1) is 13.8 Å². The molecule has 0 fully saturated rings. The van der Waals surface area contributed by atoms with Gasteiger partial charge in [0.05, 0.1) is 7.11 Å². The fraction of sp³-hybridized carbons (Fsp3) is 0.333. The third-order valence-corrected chi connectivity index (χ3v) is 4.49. The number of rotatable bonds is 4. The molecular weight excluding hydrogens is 328 g/mol. The Bertz CT molecular complexity index is 652. The summed E-state index contributed by atoms with van der Waals surface area (Å²) in [5.41, 5.74) is 2.89. The molecule has 0 saturated carbocycles. The molecule has 0 amide bonds. The van der Waals surface area contributed by atoms with E-state index in [1.807, 2.05) is 57.2 Å². The van der Waals surface area contributed by atoms with E-state index in [4.69, 9.17) is 4.74 Å². The van der Waals surface area contributed by atoms with Gasteiger partial charge in [0.2, 0.25) is 0 Å². The van der Waals surface area contributed by atoms with Crippen LogP contribution in [-0.4, -0.2) is 12.2 Å². The maximum atomic E-state index is 11.3. The Kier molecular flexibility index (Phi) is 4.74. The standard InChI is InChI=1S/C18H21BrO2/c1-5-18(20,14-7-6-8-15(19)11-14)16-9-13(3)17(21-4)10-12(16)2/h6-11,20H,5H2,1-4H3. The van der Waals surface area contributed by atoms with Crippen LogP contribution >= 0.6 is 15.9 Å². The molecule has 0 spiro atoms. The normalized spacial score (nSPS) is 13.8. The molecule has 1 unspecified atom stereocenters. The van der Waals surface area contributed by atoms with Crippen molar-refractivity contribution in [3.8, 4) is 5.75 Å². The summed E-state index contributed by atoms with van der Waals surface area (Å²) in [6.45, 7) is 6.01. The highest BCUT2D eigenvalue weighted by atomic mass is 79.9. The zero-order valence-electron chi connectivity index (χ0n) is 12.9. The van der Waals surface area contributed by atoms with Gasteiger partial charge in [-0.3, -0.25) is 0 Å². The van der Waals surface area contributed by atoms with Crippen molar-refractivity contribution < 1.29 is 9.84 Å². The molecule has 0 aliphatic carbocycles. The van der Waals surface area contributed by atoms with E-state index in [1.165, 1.54) is 0 Å². The molecule has 0 saturated heterocycles. The average molecular weight is 349 g/mol. The lowest BCUT2D eigenvalue weighted by Crippen LogP contribution is -2.27. The number of methoxy groups -OCH3 is 1. The smallest absolute Gasteiger partial charge is 0.122 e. The molecule has 0 aliphatic heterocycles. The zero-order valence-corrected chi connectivity index (χ0v) is 14.5. The summed E-state index contributed by atoms with van der Waals surface area (Å²) in [7, 11) is 1.67. The van der Waals surface area contributed by atoms with Crippen LogP contribution < -0.4 is 4.74 Å². The molecule has 0 radical (unpaired) electrons. The maximum Gasteiger partial charge on any atom is 0.122 e. The second-order valence-electron chi connectivity index (χ2n) is 5.36. The lowest BCUT2D eigenvalue weighted by molar-refractivity contribution is 0.0757. The van der Waals surface area contributed by atoms with Crippen molar-refractivity contribution in [2.45, 2.75) is 32.8 Å². The monoisotopic (exact) mass is 348 g/mol. The predicted octanol–water partition coefficient (Wildman–Crippen LogP) is 4.72. The second-order valence-corrected chi connectivity index (χ2v) is 6.28. The molecule has 2 aromatic rings. The zero-order chi connectivity index (χ0) is 15.6. The molecule has 2 aromatic carbocycles. The fourth-order valence-corrected chi connectivity index (χ4v) is 3.15. The van der Waals surface area contributed by atoms with Crippen LogP contribution in [0.25, 0.3) is 0 Å².